The highest BCUT2D eigenvalue weighted by Crippen LogP contribution is 2.39. The molecule has 3 aromatic rings. The second kappa shape index (κ2) is 8.71. The summed E-state index contributed by atoms with van der Waals surface area (Å²) in [6.07, 6.45) is -3.14. The SMILES string of the molecule is O=c1nc(OCc2cc(F)c(Oc3ccc(C(F)(F)F)nc3)c(F)c2)c2c3n1CCCN3CCO2. The van der Waals surface area contributed by atoms with Gasteiger partial charge in [0.2, 0.25) is 5.75 Å². The van der Waals surface area contributed by atoms with Crippen LogP contribution in [0, 0.1) is 11.6 Å². The molecule has 2 aliphatic rings. The van der Waals surface area contributed by atoms with Crippen LogP contribution in [-0.2, 0) is 19.3 Å². The molecule has 1 aromatic carbocycles. The average molecular weight is 496 g/mol. The van der Waals surface area contributed by atoms with Crippen molar-refractivity contribution >= 4 is 5.82 Å². The number of ether oxygens (including phenoxy) is 3. The zero-order valence-corrected chi connectivity index (χ0v) is 17.9. The van der Waals surface area contributed by atoms with Crippen LogP contribution in [0.2, 0.25) is 0 Å². The van der Waals surface area contributed by atoms with Crippen LogP contribution in [0.5, 0.6) is 23.1 Å². The molecule has 0 unspecified atom stereocenters. The molecule has 0 spiro atoms. The monoisotopic (exact) mass is 496 g/mol. The van der Waals surface area contributed by atoms with Gasteiger partial charge in [-0.1, -0.05) is 0 Å². The Kier molecular flexibility index (Phi) is 5.69. The van der Waals surface area contributed by atoms with Crippen LogP contribution < -0.4 is 24.8 Å². The number of nitrogens with zero attached hydrogens (tertiary/aromatic N) is 4. The van der Waals surface area contributed by atoms with Crippen molar-refractivity contribution in [1.82, 2.24) is 14.5 Å². The zero-order valence-electron chi connectivity index (χ0n) is 17.9. The first kappa shape index (κ1) is 22.9. The standard InChI is InChI=1S/C22H17F5N4O4/c23-14-8-12(9-15(24)17(14)35-13-2-3-16(28-10-13)22(25,26)27)11-34-19-18-20-30(6-7-33-18)4-1-5-31(20)21(32)29-19/h2-3,8-10H,1,4-7,11H2. The van der Waals surface area contributed by atoms with Crippen molar-refractivity contribution in [3.8, 4) is 23.1 Å². The minimum Gasteiger partial charge on any atom is -0.483 e. The lowest BCUT2D eigenvalue weighted by atomic mass is 10.2. The Hall–Kier alpha value is -3.90. The second-order valence-corrected chi connectivity index (χ2v) is 7.85. The lowest BCUT2D eigenvalue weighted by molar-refractivity contribution is -0.141. The van der Waals surface area contributed by atoms with Gasteiger partial charge in [-0.3, -0.25) is 4.57 Å². The molecule has 0 amide bonds. The molecule has 2 aliphatic heterocycles. The Balaban J connectivity index is 1.34. The summed E-state index contributed by atoms with van der Waals surface area (Å²) in [5.74, 6) is -2.51. The fraction of sp³-hybridized carbons (Fsp3) is 0.318. The Labute approximate surface area is 194 Å². The highest BCUT2D eigenvalue weighted by molar-refractivity contribution is 5.60. The first-order valence-corrected chi connectivity index (χ1v) is 10.5. The van der Waals surface area contributed by atoms with E-state index in [0.717, 1.165) is 31.2 Å². The van der Waals surface area contributed by atoms with Crippen molar-refractivity contribution < 1.29 is 36.2 Å². The van der Waals surface area contributed by atoms with E-state index in [4.69, 9.17) is 14.2 Å². The fourth-order valence-electron chi connectivity index (χ4n) is 3.92. The molecule has 0 atom stereocenters. The van der Waals surface area contributed by atoms with Crippen molar-refractivity contribution in [2.24, 2.45) is 0 Å². The molecule has 5 rings (SSSR count). The van der Waals surface area contributed by atoms with E-state index in [2.05, 4.69) is 9.97 Å². The van der Waals surface area contributed by atoms with E-state index in [0.29, 0.717) is 43.5 Å². The number of pyridine rings is 1. The number of aromatic nitrogens is 3. The van der Waals surface area contributed by atoms with Gasteiger partial charge in [0.05, 0.1) is 12.7 Å². The number of hydrogen-bond acceptors (Lipinski definition) is 7. The number of hydrogen-bond donors (Lipinski definition) is 0. The molecule has 184 valence electrons. The third-order valence-electron chi connectivity index (χ3n) is 5.48. The summed E-state index contributed by atoms with van der Waals surface area (Å²) in [7, 11) is 0. The van der Waals surface area contributed by atoms with Crippen LogP contribution in [0.25, 0.3) is 0 Å². The molecule has 0 saturated carbocycles. The van der Waals surface area contributed by atoms with Crippen LogP contribution in [0.3, 0.4) is 0 Å². The van der Waals surface area contributed by atoms with Crippen molar-refractivity contribution in [3.63, 3.8) is 0 Å². The van der Waals surface area contributed by atoms with Gasteiger partial charge >= 0.3 is 11.9 Å². The lowest BCUT2D eigenvalue weighted by Gasteiger charge is -2.36. The van der Waals surface area contributed by atoms with Crippen LogP contribution in [0.4, 0.5) is 27.8 Å². The Morgan fingerprint density at radius 2 is 1.86 bits per heavy atom. The molecular formula is C22H17F5N4O4. The molecular weight excluding hydrogens is 479 g/mol. The van der Waals surface area contributed by atoms with Crippen LogP contribution in [-0.4, -0.2) is 34.2 Å². The summed E-state index contributed by atoms with van der Waals surface area (Å²) in [5, 5.41) is 0. The van der Waals surface area contributed by atoms with Gasteiger partial charge in [-0.05, 0) is 36.2 Å². The lowest BCUT2D eigenvalue weighted by Crippen LogP contribution is -2.43. The highest BCUT2D eigenvalue weighted by Gasteiger charge is 2.32. The third-order valence-corrected chi connectivity index (χ3v) is 5.48. The zero-order chi connectivity index (χ0) is 24.7. The number of benzene rings is 1. The van der Waals surface area contributed by atoms with E-state index in [-0.39, 0.29) is 23.8 Å². The van der Waals surface area contributed by atoms with E-state index in [9.17, 15) is 26.7 Å². The minimum absolute atomic E-state index is 0.0670. The van der Waals surface area contributed by atoms with E-state index in [1.54, 1.807) is 0 Å². The minimum atomic E-state index is -4.66. The van der Waals surface area contributed by atoms with Crippen molar-refractivity contribution in [2.75, 3.05) is 24.6 Å². The number of alkyl halides is 3. The van der Waals surface area contributed by atoms with Gasteiger partial charge in [0.1, 0.15) is 24.7 Å². The van der Waals surface area contributed by atoms with E-state index in [1.807, 2.05) is 4.90 Å². The molecule has 2 aromatic heterocycles. The van der Waals surface area contributed by atoms with Gasteiger partial charge in [0, 0.05) is 13.1 Å². The van der Waals surface area contributed by atoms with Gasteiger partial charge in [0.15, 0.2) is 23.2 Å². The van der Waals surface area contributed by atoms with Crippen LogP contribution in [0.1, 0.15) is 17.7 Å². The number of rotatable bonds is 5. The maximum atomic E-state index is 14.6. The highest BCUT2D eigenvalue weighted by atomic mass is 19.4. The maximum Gasteiger partial charge on any atom is 0.433 e. The molecule has 0 radical (unpaired) electrons. The summed E-state index contributed by atoms with van der Waals surface area (Å²) in [6, 6.07) is 3.43. The third kappa shape index (κ3) is 4.45. The van der Waals surface area contributed by atoms with E-state index in [1.165, 1.54) is 4.57 Å². The van der Waals surface area contributed by atoms with Crippen molar-refractivity contribution in [1.29, 1.82) is 0 Å². The summed E-state index contributed by atoms with van der Waals surface area (Å²) in [4.78, 5) is 21.5. The Bertz CT molecular complexity index is 1300. The van der Waals surface area contributed by atoms with E-state index >= 15 is 0 Å². The summed E-state index contributed by atoms with van der Waals surface area (Å²) >= 11 is 0. The largest absolute Gasteiger partial charge is 0.483 e. The molecule has 35 heavy (non-hydrogen) atoms. The normalized spacial score (nSPS) is 14.8. The fourth-order valence-corrected chi connectivity index (χ4v) is 3.92. The van der Waals surface area contributed by atoms with Crippen LogP contribution >= 0.6 is 0 Å². The Morgan fingerprint density at radius 1 is 1.09 bits per heavy atom. The topological polar surface area (TPSA) is 78.7 Å². The summed E-state index contributed by atoms with van der Waals surface area (Å²) in [6.45, 7) is 1.91. The van der Waals surface area contributed by atoms with Gasteiger partial charge < -0.3 is 19.1 Å². The Morgan fingerprint density at radius 3 is 2.54 bits per heavy atom. The molecule has 4 heterocycles. The smallest absolute Gasteiger partial charge is 0.433 e. The number of anilines is 1. The van der Waals surface area contributed by atoms with Crippen LogP contribution in [0.15, 0.2) is 35.3 Å². The molecule has 0 aliphatic carbocycles. The summed E-state index contributed by atoms with van der Waals surface area (Å²) < 4.78 is 84.8. The predicted octanol–water partition coefficient (Wildman–Crippen LogP) is 3.91. The van der Waals surface area contributed by atoms with E-state index < -0.39 is 34.9 Å². The first-order valence-electron chi connectivity index (χ1n) is 10.5. The predicted molar refractivity (Wildman–Crippen MR) is 111 cm³/mol. The molecule has 0 fully saturated rings. The molecule has 0 saturated heterocycles. The molecule has 8 nitrogen and oxygen atoms in total. The number of halogens is 5. The summed E-state index contributed by atoms with van der Waals surface area (Å²) in [5.41, 5.74) is -1.61. The van der Waals surface area contributed by atoms with Gasteiger partial charge in [-0.15, -0.1) is 0 Å². The van der Waals surface area contributed by atoms with Gasteiger partial charge in [0.25, 0.3) is 5.88 Å². The first-order chi connectivity index (χ1) is 16.7. The maximum absolute atomic E-state index is 14.6. The second-order valence-electron chi connectivity index (χ2n) is 7.85. The average Bonchev–Trinajstić information content (AvgIpc) is 2.82. The van der Waals surface area contributed by atoms with Gasteiger partial charge in [-0.25, -0.2) is 18.6 Å². The molecule has 0 N–H and O–H groups in total. The molecule has 13 heteroatoms. The quantitative estimate of drug-likeness (QED) is 0.496. The van der Waals surface area contributed by atoms with Gasteiger partial charge in [-0.2, -0.15) is 18.2 Å². The molecule has 0 bridgehead atoms. The van der Waals surface area contributed by atoms with Crippen molar-refractivity contribution in [3.05, 3.63) is 63.8 Å². The van der Waals surface area contributed by atoms with Crippen molar-refractivity contribution in [2.45, 2.75) is 25.7 Å².